The maximum Gasteiger partial charge on any atom is 0.167 e. The van der Waals surface area contributed by atoms with Crippen LogP contribution in [0.5, 0.6) is 5.75 Å². The zero-order valence-electron chi connectivity index (χ0n) is 10.1. The number of halogens is 1. The van der Waals surface area contributed by atoms with E-state index in [9.17, 15) is 4.39 Å². The second-order valence-electron chi connectivity index (χ2n) is 4.73. The molecular formula is C12H17FN2O. The van der Waals surface area contributed by atoms with Crippen molar-refractivity contribution in [3.05, 3.63) is 17.9 Å². The van der Waals surface area contributed by atoms with Gasteiger partial charge in [0.15, 0.2) is 11.6 Å². The number of rotatable bonds is 1. The van der Waals surface area contributed by atoms with Crippen LogP contribution >= 0.6 is 0 Å². The third kappa shape index (κ3) is 1.58. The van der Waals surface area contributed by atoms with E-state index in [4.69, 9.17) is 4.74 Å². The molecule has 1 aromatic rings. The number of hydrogen-bond acceptors (Lipinski definition) is 3. The Bertz CT molecular complexity index is 418. The van der Waals surface area contributed by atoms with Crippen LogP contribution < -0.4 is 15.0 Å². The van der Waals surface area contributed by atoms with E-state index < -0.39 is 0 Å². The molecule has 1 heterocycles. The number of nitrogens with zero attached hydrogens (tertiary/aromatic N) is 1. The molecule has 0 radical (unpaired) electrons. The number of nitrogens with one attached hydrogen (secondary N) is 1. The van der Waals surface area contributed by atoms with Crippen LogP contribution in [-0.4, -0.2) is 26.2 Å². The highest BCUT2D eigenvalue weighted by Crippen LogP contribution is 2.38. The normalized spacial score (nSPS) is 17.7. The van der Waals surface area contributed by atoms with E-state index in [1.54, 1.807) is 6.07 Å². The van der Waals surface area contributed by atoms with Gasteiger partial charge >= 0.3 is 0 Å². The van der Waals surface area contributed by atoms with Crippen LogP contribution in [0.25, 0.3) is 0 Å². The molecular weight excluding hydrogens is 207 g/mol. The van der Waals surface area contributed by atoms with Gasteiger partial charge in [0.1, 0.15) is 0 Å². The summed E-state index contributed by atoms with van der Waals surface area (Å²) >= 11 is 0. The highest BCUT2D eigenvalue weighted by atomic mass is 19.1. The number of methoxy groups -OCH3 is 1. The average Bonchev–Trinajstić information content (AvgIpc) is 2.24. The van der Waals surface area contributed by atoms with Crippen molar-refractivity contribution in [1.82, 2.24) is 0 Å². The predicted octanol–water partition coefficient (Wildman–Crippen LogP) is 2.47. The Hall–Kier alpha value is -1.45. The van der Waals surface area contributed by atoms with Gasteiger partial charge in [-0.2, -0.15) is 0 Å². The van der Waals surface area contributed by atoms with Crippen molar-refractivity contribution >= 4 is 11.4 Å². The smallest absolute Gasteiger partial charge is 0.167 e. The summed E-state index contributed by atoms with van der Waals surface area (Å²) in [6, 6.07) is 3.22. The first-order valence-electron chi connectivity index (χ1n) is 5.31. The summed E-state index contributed by atoms with van der Waals surface area (Å²) in [4.78, 5) is 2.14. The van der Waals surface area contributed by atoms with Crippen LogP contribution in [0.3, 0.4) is 0 Å². The Morgan fingerprint density at radius 1 is 1.44 bits per heavy atom. The van der Waals surface area contributed by atoms with Crippen molar-refractivity contribution in [2.24, 2.45) is 0 Å². The third-order valence-corrected chi connectivity index (χ3v) is 3.25. The summed E-state index contributed by atoms with van der Waals surface area (Å²) < 4.78 is 18.5. The van der Waals surface area contributed by atoms with E-state index in [0.29, 0.717) is 0 Å². The van der Waals surface area contributed by atoms with Crippen LogP contribution in [-0.2, 0) is 0 Å². The lowest BCUT2D eigenvalue weighted by Crippen LogP contribution is -2.50. The standard InChI is InChI=1S/C12H17FN2O/c1-12(2)7-14-9-5-8(13)11(16-4)6-10(9)15(12)3/h5-6,14H,7H2,1-4H3. The lowest BCUT2D eigenvalue weighted by Gasteiger charge is -2.43. The molecule has 0 atom stereocenters. The van der Waals surface area contributed by atoms with Gasteiger partial charge in [-0.25, -0.2) is 4.39 Å². The van der Waals surface area contributed by atoms with Gasteiger partial charge < -0.3 is 15.0 Å². The van der Waals surface area contributed by atoms with Crippen molar-refractivity contribution in [2.75, 3.05) is 30.9 Å². The quantitative estimate of drug-likeness (QED) is 0.793. The number of fused-ring (bicyclic) bond motifs is 1. The van der Waals surface area contributed by atoms with Gasteiger partial charge in [0, 0.05) is 25.7 Å². The number of likely N-dealkylation sites (N-methyl/N-ethyl adjacent to an activating group) is 1. The van der Waals surface area contributed by atoms with E-state index in [-0.39, 0.29) is 17.1 Å². The summed E-state index contributed by atoms with van der Waals surface area (Å²) in [5, 5.41) is 3.24. The molecule has 1 aliphatic heterocycles. The first-order chi connectivity index (χ1) is 7.45. The summed E-state index contributed by atoms with van der Waals surface area (Å²) in [5.74, 6) is -0.0491. The Morgan fingerprint density at radius 2 is 2.12 bits per heavy atom. The van der Waals surface area contributed by atoms with Crippen LogP contribution in [0.1, 0.15) is 13.8 Å². The Labute approximate surface area is 95.2 Å². The molecule has 1 N–H and O–H groups in total. The van der Waals surface area contributed by atoms with Crippen molar-refractivity contribution in [2.45, 2.75) is 19.4 Å². The second-order valence-corrected chi connectivity index (χ2v) is 4.73. The van der Waals surface area contributed by atoms with Gasteiger partial charge in [-0.05, 0) is 13.8 Å². The molecule has 0 saturated heterocycles. The van der Waals surface area contributed by atoms with Gasteiger partial charge in [-0.3, -0.25) is 0 Å². The Balaban J connectivity index is 2.51. The average molecular weight is 224 g/mol. The molecule has 0 amide bonds. The van der Waals surface area contributed by atoms with Crippen LogP contribution in [0, 0.1) is 5.82 Å². The third-order valence-electron chi connectivity index (χ3n) is 3.25. The van der Waals surface area contributed by atoms with Crippen LogP contribution in [0.15, 0.2) is 12.1 Å². The summed E-state index contributed by atoms with van der Waals surface area (Å²) in [6.07, 6.45) is 0. The fraction of sp³-hybridized carbons (Fsp3) is 0.500. The fourth-order valence-electron chi connectivity index (χ4n) is 1.87. The lowest BCUT2D eigenvalue weighted by molar-refractivity contribution is 0.385. The van der Waals surface area contributed by atoms with E-state index in [0.717, 1.165) is 17.9 Å². The highest BCUT2D eigenvalue weighted by molar-refractivity contribution is 5.75. The highest BCUT2D eigenvalue weighted by Gasteiger charge is 2.30. The molecule has 0 unspecified atom stereocenters. The molecule has 0 spiro atoms. The van der Waals surface area contributed by atoms with Crippen molar-refractivity contribution in [3.63, 3.8) is 0 Å². The van der Waals surface area contributed by atoms with Crippen molar-refractivity contribution in [3.8, 4) is 5.75 Å². The molecule has 88 valence electrons. The lowest BCUT2D eigenvalue weighted by atomic mass is 9.98. The van der Waals surface area contributed by atoms with Gasteiger partial charge in [0.25, 0.3) is 0 Å². The molecule has 0 fully saturated rings. The second kappa shape index (κ2) is 3.54. The molecule has 1 aliphatic rings. The zero-order chi connectivity index (χ0) is 11.9. The van der Waals surface area contributed by atoms with Crippen molar-refractivity contribution in [1.29, 1.82) is 0 Å². The number of anilines is 2. The van der Waals surface area contributed by atoms with E-state index in [1.165, 1.54) is 13.2 Å². The molecule has 2 rings (SSSR count). The van der Waals surface area contributed by atoms with E-state index in [1.807, 2.05) is 7.05 Å². The predicted molar refractivity (Wildman–Crippen MR) is 63.9 cm³/mol. The first kappa shape index (κ1) is 11.0. The molecule has 0 bridgehead atoms. The van der Waals surface area contributed by atoms with Gasteiger partial charge in [-0.15, -0.1) is 0 Å². The summed E-state index contributed by atoms with van der Waals surface area (Å²) in [5.41, 5.74) is 1.80. The van der Waals surface area contributed by atoms with Gasteiger partial charge in [-0.1, -0.05) is 0 Å². The summed E-state index contributed by atoms with van der Waals surface area (Å²) in [7, 11) is 3.49. The minimum atomic E-state index is -0.332. The minimum absolute atomic E-state index is 0.00976. The molecule has 1 aromatic carbocycles. The van der Waals surface area contributed by atoms with Gasteiger partial charge in [0.2, 0.25) is 0 Å². The monoisotopic (exact) mass is 224 g/mol. The van der Waals surface area contributed by atoms with Crippen LogP contribution in [0.4, 0.5) is 15.8 Å². The molecule has 0 aromatic heterocycles. The SMILES string of the molecule is COc1cc2c(cc1F)NCC(C)(C)N2C. The van der Waals surface area contributed by atoms with E-state index in [2.05, 4.69) is 24.1 Å². The molecule has 16 heavy (non-hydrogen) atoms. The topological polar surface area (TPSA) is 24.5 Å². The maximum absolute atomic E-state index is 13.5. The molecule has 3 nitrogen and oxygen atoms in total. The van der Waals surface area contributed by atoms with Crippen molar-refractivity contribution < 1.29 is 9.13 Å². The first-order valence-corrected chi connectivity index (χ1v) is 5.31. The number of benzene rings is 1. The van der Waals surface area contributed by atoms with Gasteiger partial charge in [0.05, 0.1) is 24.0 Å². The summed E-state index contributed by atoms with van der Waals surface area (Å²) in [6.45, 7) is 5.07. The molecule has 4 heteroatoms. The Kier molecular flexibility index (Phi) is 2.45. The number of hydrogen-bond donors (Lipinski definition) is 1. The number of ether oxygens (including phenoxy) is 1. The zero-order valence-corrected chi connectivity index (χ0v) is 10.1. The minimum Gasteiger partial charge on any atom is -0.494 e. The fourth-order valence-corrected chi connectivity index (χ4v) is 1.87. The molecule has 0 saturated carbocycles. The largest absolute Gasteiger partial charge is 0.494 e. The maximum atomic E-state index is 13.5. The van der Waals surface area contributed by atoms with Crippen LogP contribution in [0.2, 0.25) is 0 Å². The Morgan fingerprint density at radius 3 is 2.75 bits per heavy atom. The molecule has 0 aliphatic carbocycles. The van der Waals surface area contributed by atoms with E-state index >= 15 is 0 Å².